The summed E-state index contributed by atoms with van der Waals surface area (Å²) in [6.07, 6.45) is -1.51. The van der Waals surface area contributed by atoms with Crippen molar-refractivity contribution in [3.63, 3.8) is 0 Å². The van der Waals surface area contributed by atoms with Gasteiger partial charge in [-0.15, -0.1) is 0 Å². The third-order valence-electron chi connectivity index (χ3n) is 7.31. The van der Waals surface area contributed by atoms with Gasteiger partial charge in [-0.05, 0) is 55.0 Å². The van der Waals surface area contributed by atoms with Crippen LogP contribution in [0.3, 0.4) is 0 Å². The number of hydrogen-bond donors (Lipinski definition) is 3. The summed E-state index contributed by atoms with van der Waals surface area (Å²) in [5.41, 5.74) is 8.64. The lowest BCUT2D eigenvalue weighted by atomic mass is 9.93. The molecular weight excluding hydrogens is 471 g/mol. The number of benzene rings is 2. The monoisotopic (exact) mass is 505 g/mol. The topological polar surface area (TPSA) is 56.6 Å². The Balaban J connectivity index is 1.41. The van der Waals surface area contributed by atoms with E-state index in [-0.39, 0.29) is 11.5 Å². The average molecular weight is 506 g/mol. The van der Waals surface area contributed by atoms with E-state index in [0.29, 0.717) is 17.1 Å². The van der Waals surface area contributed by atoms with E-state index in [2.05, 4.69) is 52.5 Å². The number of nitrogens with two attached hydrogens (primary N) is 1. The van der Waals surface area contributed by atoms with E-state index < -0.39 is 11.7 Å². The van der Waals surface area contributed by atoms with Crippen LogP contribution < -0.4 is 21.3 Å². The van der Waals surface area contributed by atoms with E-state index in [1.54, 1.807) is 0 Å². The number of nitrogens with one attached hydrogen (secondary N) is 2. The van der Waals surface area contributed by atoms with Gasteiger partial charge in [0.2, 0.25) is 0 Å². The van der Waals surface area contributed by atoms with Gasteiger partial charge in [0, 0.05) is 60.8 Å². The zero-order chi connectivity index (χ0) is 24.8. The zero-order valence-corrected chi connectivity index (χ0v) is 21.2. The minimum Gasteiger partial charge on any atom is -0.380 e. The summed E-state index contributed by atoms with van der Waals surface area (Å²) in [5.74, 6) is 0. The summed E-state index contributed by atoms with van der Waals surface area (Å²) in [5, 5.41) is 6.88. The van der Waals surface area contributed by atoms with Gasteiger partial charge in [-0.3, -0.25) is 0 Å². The van der Waals surface area contributed by atoms with Crippen LogP contribution in [0.25, 0.3) is 0 Å². The highest BCUT2D eigenvalue weighted by atomic mass is 32.2. The van der Waals surface area contributed by atoms with Crippen molar-refractivity contribution in [2.24, 2.45) is 11.1 Å². The van der Waals surface area contributed by atoms with Crippen LogP contribution in [0.15, 0.2) is 40.1 Å². The van der Waals surface area contributed by atoms with Crippen molar-refractivity contribution in [1.29, 1.82) is 0 Å². The predicted octanol–water partition coefficient (Wildman–Crippen LogP) is 5.98. The number of fused-ring (bicyclic) bond motifs is 2. The number of nitrogens with zero attached hydrogens (tertiary/aromatic N) is 2. The van der Waals surface area contributed by atoms with Gasteiger partial charge >= 0.3 is 6.18 Å². The van der Waals surface area contributed by atoms with Gasteiger partial charge in [-0.25, -0.2) is 0 Å². The molecule has 35 heavy (non-hydrogen) atoms. The summed E-state index contributed by atoms with van der Waals surface area (Å²) in [7, 11) is 0. The van der Waals surface area contributed by atoms with Gasteiger partial charge in [0.05, 0.1) is 22.6 Å². The van der Waals surface area contributed by atoms with Crippen LogP contribution in [-0.2, 0) is 6.18 Å². The van der Waals surface area contributed by atoms with Crippen LogP contribution in [0.2, 0.25) is 0 Å². The lowest BCUT2D eigenvalue weighted by Gasteiger charge is -2.34. The van der Waals surface area contributed by atoms with Crippen molar-refractivity contribution in [3.8, 4) is 0 Å². The van der Waals surface area contributed by atoms with Gasteiger partial charge in [0.1, 0.15) is 0 Å². The first-order chi connectivity index (χ1) is 16.6. The Morgan fingerprint density at radius 1 is 1.11 bits per heavy atom. The molecule has 0 bridgehead atoms. The molecule has 190 valence electrons. The molecule has 3 aliphatic rings. The Morgan fingerprint density at radius 2 is 1.89 bits per heavy atom. The molecule has 0 unspecified atom stereocenters. The molecule has 2 fully saturated rings. The van der Waals surface area contributed by atoms with Crippen molar-refractivity contribution in [1.82, 2.24) is 4.90 Å². The molecule has 5 rings (SSSR count). The maximum absolute atomic E-state index is 13.8. The molecule has 4 N–H and O–H groups in total. The van der Waals surface area contributed by atoms with E-state index in [1.165, 1.54) is 23.9 Å². The molecule has 0 aromatic heterocycles. The standard InChI is InChI=1S/C26H34F3N5S/c1-25(2)7-11-34(16-25)19-3-4-20-22(15-19)35-23-14-17(26(27,28)29)13-21(24(23)32-20)31-18-5-9-33(10-6-18)12-8-30/h3-4,13-15,18,31-32H,5-12,16,30H2,1-2H3. The molecule has 2 saturated heterocycles. The summed E-state index contributed by atoms with van der Waals surface area (Å²) >= 11 is 1.42. The van der Waals surface area contributed by atoms with Gasteiger partial charge < -0.3 is 26.2 Å². The van der Waals surface area contributed by atoms with Crippen LogP contribution in [0.1, 0.15) is 38.7 Å². The maximum Gasteiger partial charge on any atom is 0.416 e. The number of hydrogen-bond acceptors (Lipinski definition) is 6. The molecule has 0 saturated carbocycles. The van der Waals surface area contributed by atoms with Crippen LogP contribution in [0.5, 0.6) is 0 Å². The quantitative estimate of drug-likeness (QED) is 0.396. The molecule has 3 heterocycles. The lowest BCUT2D eigenvalue weighted by molar-refractivity contribution is -0.137. The number of anilines is 4. The number of likely N-dealkylation sites (tertiary alicyclic amines) is 1. The maximum atomic E-state index is 13.8. The third kappa shape index (κ3) is 5.37. The summed E-state index contributed by atoms with van der Waals surface area (Å²) in [6.45, 7) is 9.80. The SMILES string of the molecule is CC1(C)CCN(c2ccc3c(c2)Sc2cc(C(F)(F)F)cc(NC4CCN(CCN)CC4)c2N3)C1. The number of rotatable bonds is 5. The number of alkyl halides is 3. The largest absolute Gasteiger partial charge is 0.416 e. The van der Waals surface area contributed by atoms with E-state index >= 15 is 0 Å². The minimum atomic E-state index is -4.40. The van der Waals surface area contributed by atoms with Gasteiger partial charge in [0.25, 0.3) is 0 Å². The van der Waals surface area contributed by atoms with Crippen molar-refractivity contribution in [2.75, 3.05) is 54.8 Å². The van der Waals surface area contributed by atoms with Crippen molar-refractivity contribution < 1.29 is 13.2 Å². The Morgan fingerprint density at radius 3 is 2.54 bits per heavy atom. The van der Waals surface area contributed by atoms with Crippen LogP contribution in [-0.4, -0.2) is 50.2 Å². The first-order valence-electron chi connectivity index (χ1n) is 12.4. The van der Waals surface area contributed by atoms with E-state index in [1.807, 2.05) is 0 Å². The second-order valence-electron chi connectivity index (χ2n) is 10.7. The fourth-order valence-electron chi connectivity index (χ4n) is 5.29. The first kappa shape index (κ1) is 24.6. The molecular formula is C26H34F3N5S. The first-order valence-corrected chi connectivity index (χ1v) is 13.2. The number of halogens is 3. The average Bonchev–Trinajstić information content (AvgIpc) is 3.18. The molecule has 0 radical (unpaired) electrons. The second kappa shape index (κ2) is 9.41. The highest BCUT2D eigenvalue weighted by Crippen LogP contribution is 2.51. The van der Waals surface area contributed by atoms with Gasteiger partial charge in [0.15, 0.2) is 0 Å². The summed E-state index contributed by atoms with van der Waals surface area (Å²) in [6, 6.07) is 8.94. The molecule has 5 nitrogen and oxygen atoms in total. The molecule has 2 aromatic rings. The molecule has 0 aliphatic carbocycles. The normalized spacial score (nSPS) is 20.3. The Bertz CT molecular complexity index is 1080. The highest BCUT2D eigenvalue weighted by molar-refractivity contribution is 7.99. The molecule has 9 heteroatoms. The number of piperidine rings is 1. The van der Waals surface area contributed by atoms with Crippen LogP contribution >= 0.6 is 11.8 Å². The van der Waals surface area contributed by atoms with E-state index in [0.717, 1.165) is 73.9 Å². The molecule has 0 amide bonds. The van der Waals surface area contributed by atoms with Gasteiger partial charge in [-0.2, -0.15) is 13.2 Å². The smallest absolute Gasteiger partial charge is 0.380 e. The van der Waals surface area contributed by atoms with Gasteiger partial charge in [-0.1, -0.05) is 25.6 Å². The van der Waals surface area contributed by atoms with E-state index in [4.69, 9.17) is 5.73 Å². The third-order valence-corrected chi connectivity index (χ3v) is 8.41. The van der Waals surface area contributed by atoms with Crippen molar-refractivity contribution in [3.05, 3.63) is 35.9 Å². The zero-order valence-electron chi connectivity index (χ0n) is 20.3. The van der Waals surface area contributed by atoms with Crippen molar-refractivity contribution >= 4 is 34.5 Å². The predicted molar refractivity (Wildman–Crippen MR) is 138 cm³/mol. The van der Waals surface area contributed by atoms with E-state index in [9.17, 15) is 13.2 Å². The fraction of sp³-hybridized carbons (Fsp3) is 0.538. The molecule has 2 aromatic carbocycles. The molecule has 0 atom stereocenters. The highest BCUT2D eigenvalue weighted by Gasteiger charge is 2.35. The summed E-state index contributed by atoms with van der Waals surface area (Å²) < 4.78 is 41.4. The fourth-order valence-corrected chi connectivity index (χ4v) is 6.38. The Labute approximate surface area is 209 Å². The molecule has 3 aliphatic heterocycles. The summed E-state index contributed by atoms with van der Waals surface area (Å²) in [4.78, 5) is 6.24. The minimum absolute atomic E-state index is 0.130. The van der Waals surface area contributed by atoms with Crippen LogP contribution in [0.4, 0.5) is 35.9 Å². The van der Waals surface area contributed by atoms with Crippen molar-refractivity contribution in [2.45, 2.75) is 55.1 Å². The molecule has 0 spiro atoms. The van der Waals surface area contributed by atoms with Crippen LogP contribution in [0, 0.1) is 5.41 Å². The Hall–Kier alpha value is -2.10. The Kier molecular flexibility index (Phi) is 6.61. The second-order valence-corrected chi connectivity index (χ2v) is 11.8. The lowest BCUT2D eigenvalue weighted by Crippen LogP contribution is -2.41.